The van der Waals surface area contributed by atoms with E-state index < -0.39 is 0 Å². The van der Waals surface area contributed by atoms with Crippen molar-refractivity contribution in [3.05, 3.63) is 10.2 Å². The minimum atomic E-state index is 0.519. The zero-order chi connectivity index (χ0) is 8.27. The Kier molecular flexibility index (Phi) is 3.29. The second-order valence-electron chi connectivity index (χ2n) is 2.46. The Morgan fingerprint density at radius 3 is 2.55 bits per heavy atom. The molecule has 0 unspecified atom stereocenters. The molecule has 0 atom stereocenters. The molecule has 0 aliphatic heterocycles. The highest BCUT2D eigenvalue weighted by molar-refractivity contribution is 14.1. The van der Waals surface area contributed by atoms with Crippen molar-refractivity contribution < 1.29 is 0 Å². The molecule has 0 N–H and O–H groups in total. The van der Waals surface area contributed by atoms with E-state index in [1.807, 2.05) is 4.68 Å². The van der Waals surface area contributed by atoms with E-state index in [1.54, 1.807) is 6.33 Å². The summed E-state index contributed by atoms with van der Waals surface area (Å²) >= 11 is 2.12. The van der Waals surface area contributed by atoms with Crippen molar-refractivity contribution in [3.8, 4) is 0 Å². The minimum Gasteiger partial charge on any atom is -0.249 e. The van der Waals surface area contributed by atoms with E-state index in [0.29, 0.717) is 6.04 Å². The maximum Gasteiger partial charge on any atom is 0.211 e. The van der Waals surface area contributed by atoms with Crippen molar-refractivity contribution in [1.29, 1.82) is 0 Å². The van der Waals surface area contributed by atoms with Gasteiger partial charge >= 0.3 is 0 Å². The fourth-order valence-corrected chi connectivity index (χ4v) is 1.47. The summed E-state index contributed by atoms with van der Waals surface area (Å²) in [6.45, 7) is 4.34. The van der Waals surface area contributed by atoms with Crippen molar-refractivity contribution in [3.63, 3.8) is 0 Å². The molecule has 0 radical (unpaired) electrons. The van der Waals surface area contributed by atoms with Crippen molar-refractivity contribution in [2.45, 2.75) is 32.7 Å². The quantitative estimate of drug-likeness (QED) is 0.785. The molecule has 0 aromatic carbocycles. The lowest BCUT2D eigenvalue weighted by Gasteiger charge is -2.10. The van der Waals surface area contributed by atoms with Gasteiger partial charge in [-0.05, 0) is 12.8 Å². The average Bonchev–Trinajstić information content (AvgIpc) is 2.39. The van der Waals surface area contributed by atoms with E-state index in [4.69, 9.17) is 0 Å². The summed E-state index contributed by atoms with van der Waals surface area (Å²) in [4.78, 5) is 4.07. The SMILES string of the molecule is CCC(CC)n1cnc(I)n1. The monoisotopic (exact) mass is 265 g/mol. The predicted octanol–water partition coefficient (Wildman–Crippen LogP) is 2.24. The fraction of sp³-hybridized carbons (Fsp3) is 0.714. The molecule has 1 rings (SSSR count). The van der Waals surface area contributed by atoms with Gasteiger partial charge in [0.15, 0.2) is 0 Å². The van der Waals surface area contributed by atoms with E-state index in [2.05, 4.69) is 46.5 Å². The summed E-state index contributed by atoms with van der Waals surface area (Å²) in [5.74, 6) is 0. The first-order chi connectivity index (χ1) is 5.27. The van der Waals surface area contributed by atoms with Crippen molar-refractivity contribution >= 4 is 22.6 Å². The van der Waals surface area contributed by atoms with E-state index in [0.717, 1.165) is 16.7 Å². The van der Waals surface area contributed by atoms with Crippen LogP contribution < -0.4 is 0 Å². The fourth-order valence-electron chi connectivity index (χ4n) is 1.09. The summed E-state index contributed by atoms with van der Waals surface area (Å²) in [7, 11) is 0. The molecular weight excluding hydrogens is 253 g/mol. The number of halogens is 1. The summed E-state index contributed by atoms with van der Waals surface area (Å²) in [6, 6.07) is 0.519. The molecule has 1 aromatic rings. The van der Waals surface area contributed by atoms with Gasteiger partial charge in [0.1, 0.15) is 6.33 Å². The molecule has 0 aliphatic rings. The van der Waals surface area contributed by atoms with Crippen LogP contribution in [0.25, 0.3) is 0 Å². The molecular formula is C7H12IN3. The first-order valence-corrected chi connectivity index (χ1v) is 4.92. The van der Waals surface area contributed by atoms with Gasteiger partial charge in [-0.2, -0.15) is 0 Å². The number of hydrogen-bond donors (Lipinski definition) is 0. The lowest BCUT2D eigenvalue weighted by Crippen LogP contribution is -2.07. The third-order valence-corrected chi connectivity index (χ3v) is 2.29. The Hall–Kier alpha value is -0.130. The summed E-state index contributed by atoms with van der Waals surface area (Å²) in [6.07, 6.45) is 4.05. The van der Waals surface area contributed by atoms with E-state index >= 15 is 0 Å². The average molecular weight is 265 g/mol. The first kappa shape index (κ1) is 8.96. The van der Waals surface area contributed by atoms with Gasteiger partial charge in [0.05, 0.1) is 6.04 Å². The lowest BCUT2D eigenvalue weighted by atomic mass is 10.2. The maximum atomic E-state index is 4.24. The van der Waals surface area contributed by atoms with Crippen molar-refractivity contribution in [2.75, 3.05) is 0 Å². The van der Waals surface area contributed by atoms with Crippen LogP contribution >= 0.6 is 22.6 Å². The van der Waals surface area contributed by atoms with Crippen molar-refractivity contribution in [2.24, 2.45) is 0 Å². The topological polar surface area (TPSA) is 30.7 Å². The van der Waals surface area contributed by atoms with Crippen LogP contribution in [0.15, 0.2) is 6.33 Å². The van der Waals surface area contributed by atoms with Gasteiger partial charge in [-0.25, -0.2) is 9.67 Å². The maximum absolute atomic E-state index is 4.24. The Balaban J connectivity index is 2.73. The van der Waals surface area contributed by atoms with E-state index in [9.17, 15) is 0 Å². The summed E-state index contributed by atoms with van der Waals surface area (Å²) in [5, 5.41) is 4.24. The first-order valence-electron chi connectivity index (χ1n) is 3.84. The largest absolute Gasteiger partial charge is 0.249 e. The van der Waals surface area contributed by atoms with E-state index in [-0.39, 0.29) is 0 Å². The normalized spacial score (nSPS) is 10.9. The van der Waals surface area contributed by atoms with Crippen LogP contribution in [0.3, 0.4) is 0 Å². The van der Waals surface area contributed by atoms with Gasteiger partial charge in [0.25, 0.3) is 0 Å². The molecule has 3 nitrogen and oxygen atoms in total. The Bertz CT molecular complexity index is 217. The highest BCUT2D eigenvalue weighted by Crippen LogP contribution is 2.13. The van der Waals surface area contributed by atoms with Gasteiger partial charge in [-0.3, -0.25) is 0 Å². The van der Waals surface area contributed by atoms with Gasteiger partial charge in [-0.1, -0.05) is 13.8 Å². The third-order valence-electron chi connectivity index (χ3n) is 1.80. The van der Waals surface area contributed by atoms with Crippen molar-refractivity contribution in [1.82, 2.24) is 14.8 Å². The van der Waals surface area contributed by atoms with Crippen LogP contribution in [0, 0.1) is 3.83 Å². The van der Waals surface area contributed by atoms with Gasteiger partial charge < -0.3 is 0 Å². The van der Waals surface area contributed by atoms with Gasteiger partial charge in [0.2, 0.25) is 3.83 Å². The van der Waals surface area contributed by atoms with Gasteiger partial charge in [-0.15, -0.1) is 5.10 Å². The highest BCUT2D eigenvalue weighted by Gasteiger charge is 2.06. The number of hydrogen-bond acceptors (Lipinski definition) is 2. The molecule has 0 fully saturated rings. The molecule has 4 heteroatoms. The molecule has 0 bridgehead atoms. The number of rotatable bonds is 3. The van der Waals surface area contributed by atoms with E-state index in [1.165, 1.54) is 0 Å². The molecule has 1 heterocycles. The standard InChI is InChI=1S/C7H12IN3/c1-3-6(4-2)11-5-9-7(8)10-11/h5-6H,3-4H2,1-2H3. The van der Waals surface area contributed by atoms with Gasteiger partial charge in [0, 0.05) is 22.6 Å². The number of aromatic nitrogens is 3. The zero-order valence-corrected chi connectivity index (χ0v) is 8.95. The van der Waals surface area contributed by atoms with Crippen LogP contribution in [0.2, 0.25) is 0 Å². The third kappa shape index (κ3) is 2.15. The Labute approximate surface area is 80.3 Å². The summed E-state index contributed by atoms with van der Waals surface area (Å²) in [5.41, 5.74) is 0. The van der Waals surface area contributed by atoms with Crippen LogP contribution in [0.4, 0.5) is 0 Å². The van der Waals surface area contributed by atoms with Crippen LogP contribution in [-0.4, -0.2) is 14.8 Å². The molecule has 0 saturated heterocycles. The molecule has 0 spiro atoms. The predicted molar refractivity (Wildman–Crippen MR) is 52.4 cm³/mol. The second kappa shape index (κ2) is 4.04. The van der Waals surface area contributed by atoms with Crippen LogP contribution in [0.1, 0.15) is 32.7 Å². The summed E-state index contributed by atoms with van der Waals surface area (Å²) < 4.78 is 2.77. The zero-order valence-electron chi connectivity index (χ0n) is 6.79. The molecule has 11 heavy (non-hydrogen) atoms. The molecule has 0 aliphatic carbocycles. The van der Waals surface area contributed by atoms with Crippen LogP contribution in [0.5, 0.6) is 0 Å². The Morgan fingerprint density at radius 2 is 2.18 bits per heavy atom. The molecule has 1 aromatic heterocycles. The Morgan fingerprint density at radius 1 is 1.55 bits per heavy atom. The minimum absolute atomic E-state index is 0.519. The van der Waals surface area contributed by atoms with Crippen LogP contribution in [-0.2, 0) is 0 Å². The molecule has 0 saturated carbocycles. The lowest BCUT2D eigenvalue weighted by molar-refractivity contribution is 0.426. The second-order valence-corrected chi connectivity index (χ2v) is 3.43. The number of nitrogens with zero attached hydrogens (tertiary/aromatic N) is 3. The molecule has 62 valence electrons. The molecule has 0 amide bonds. The highest BCUT2D eigenvalue weighted by atomic mass is 127. The smallest absolute Gasteiger partial charge is 0.211 e.